The number of aromatic carboxylic acids is 1. The summed E-state index contributed by atoms with van der Waals surface area (Å²) in [5.41, 5.74) is 1.06. The fourth-order valence-electron chi connectivity index (χ4n) is 1.79. The van der Waals surface area contributed by atoms with Gasteiger partial charge in [-0.1, -0.05) is 34.1 Å². The van der Waals surface area contributed by atoms with Crippen LogP contribution in [0.5, 0.6) is 0 Å². The molecule has 1 aromatic carbocycles. The zero-order valence-electron chi connectivity index (χ0n) is 10.5. The molecule has 6 heteroatoms. The number of carbonyl (C=O) groups excluding carboxylic acids is 1. The molecule has 0 saturated heterocycles. The number of benzene rings is 1. The van der Waals surface area contributed by atoms with Gasteiger partial charge in [-0.3, -0.25) is 4.79 Å². The Kier molecular flexibility index (Phi) is 4.57. The van der Waals surface area contributed by atoms with E-state index in [9.17, 15) is 9.59 Å². The van der Waals surface area contributed by atoms with Crippen LogP contribution in [0.15, 0.2) is 47.1 Å². The number of nitrogens with one attached hydrogen (secondary N) is 1. The van der Waals surface area contributed by atoms with E-state index < -0.39 is 5.97 Å². The van der Waals surface area contributed by atoms with Gasteiger partial charge in [0.2, 0.25) is 5.91 Å². The van der Waals surface area contributed by atoms with Crippen LogP contribution in [0.3, 0.4) is 0 Å². The second kappa shape index (κ2) is 6.38. The van der Waals surface area contributed by atoms with Gasteiger partial charge in [-0.2, -0.15) is 0 Å². The Morgan fingerprint density at radius 2 is 1.95 bits per heavy atom. The summed E-state index contributed by atoms with van der Waals surface area (Å²) in [4.78, 5) is 22.8. The Morgan fingerprint density at radius 3 is 2.65 bits per heavy atom. The fourth-order valence-corrected chi connectivity index (χ4v) is 2.22. The molecule has 1 amide bonds. The van der Waals surface area contributed by atoms with Crippen LogP contribution >= 0.6 is 15.9 Å². The van der Waals surface area contributed by atoms with Gasteiger partial charge in [0.1, 0.15) is 12.2 Å². The van der Waals surface area contributed by atoms with E-state index in [4.69, 9.17) is 5.11 Å². The van der Waals surface area contributed by atoms with E-state index >= 15 is 0 Å². The van der Waals surface area contributed by atoms with Crippen LogP contribution in [-0.2, 0) is 17.9 Å². The van der Waals surface area contributed by atoms with Crippen molar-refractivity contribution in [3.8, 4) is 0 Å². The molecule has 0 aliphatic heterocycles. The number of aromatic nitrogens is 1. The summed E-state index contributed by atoms with van der Waals surface area (Å²) in [6.07, 6.45) is 1.57. The highest BCUT2D eigenvalue weighted by Crippen LogP contribution is 2.15. The van der Waals surface area contributed by atoms with Crippen LogP contribution < -0.4 is 5.32 Å². The molecule has 2 aromatic rings. The van der Waals surface area contributed by atoms with E-state index in [2.05, 4.69) is 21.2 Å². The lowest BCUT2D eigenvalue weighted by molar-refractivity contribution is -0.121. The summed E-state index contributed by atoms with van der Waals surface area (Å²) in [6, 6.07) is 10.7. The minimum absolute atomic E-state index is 0.0148. The molecule has 0 aliphatic carbocycles. The molecule has 0 fully saturated rings. The molecule has 0 aliphatic rings. The van der Waals surface area contributed by atoms with Gasteiger partial charge in [0.25, 0.3) is 0 Å². The number of hydrogen-bond acceptors (Lipinski definition) is 2. The predicted molar refractivity (Wildman–Crippen MR) is 77.4 cm³/mol. The summed E-state index contributed by atoms with van der Waals surface area (Å²) in [5.74, 6) is -1.28. The van der Waals surface area contributed by atoms with Crippen molar-refractivity contribution in [2.24, 2.45) is 0 Å². The van der Waals surface area contributed by atoms with Gasteiger partial charge in [-0.15, -0.1) is 0 Å². The maximum absolute atomic E-state index is 11.8. The number of halogens is 1. The third-order valence-electron chi connectivity index (χ3n) is 2.80. The number of amides is 1. The molecule has 1 heterocycles. The van der Waals surface area contributed by atoms with Crippen LogP contribution in [0.1, 0.15) is 16.1 Å². The molecular formula is C14H13BrN2O3. The van der Waals surface area contributed by atoms with Crippen molar-refractivity contribution in [1.29, 1.82) is 0 Å². The molecule has 1 aromatic heterocycles. The molecule has 20 heavy (non-hydrogen) atoms. The first-order chi connectivity index (χ1) is 9.58. The first-order valence-corrected chi connectivity index (χ1v) is 6.76. The lowest BCUT2D eigenvalue weighted by Crippen LogP contribution is -2.28. The number of rotatable bonds is 5. The fraction of sp³-hybridized carbons (Fsp3) is 0.143. The minimum Gasteiger partial charge on any atom is -0.477 e. The summed E-state index contributed by atoms with van der Waals surface area (Å²) in [5, 5.41) is 11.7. The van der Waals surface area contributed by atoms with E-state index in [1.54, 1.807) is 12.3 Å². The highest BCUT2D eigenvalue weighted by atomic mass is 79.9. The van der Waals surface area contributed by atoms with E-state index in [-0.39, 0.29) is 18.1 Å². The standard InChI is InChI=1S/C14H13BrN2O3/c15-11-5-2-1-4-10(11)8-16-13(18)9-17-7-3-6-12(17)14(19)20/h1-7H,8-9H2,(H,16,18)(H,19,20). The quantitative estimate of drug-likeness (QED) is 0.879. The third-order valence-corrected chi connectivity index (χ3v) is 3.57. The van der Waals surface area contributed by atoms with Crippen molar-refractivity contribution in [3.05, 3.63) is 58.3 Å². The number of nitrogens with zero attached hydrogens (tertiary/aromatic N) is 1. The monoisotopic (exact) mass is 336 g/mol. The highest BCUT2D eigenvalue weighted by Gasteiger charge is 2.11. The largest absolute Gasteiger partial charge is 0.477 e. The Bertz CT molecular complexity index is 637. The smallest absolute Gasteiger partial charge is 0.352 e. The SMILES string of the molecule is O=C(Cn1cccc1C(=O)O)NCc1ccccc1Br. The Balaban J connectivity index is 1.95. The minimum atomic E-state index is -1.05. The van der Waals surface area contributed by atoms with Crippen molar-refractivity contribution >= 4 is 27.8 Å². The second-order valence-corrected chi connectivity index (χ2v) is 5.05. The average molecular weight is 337 g/mol. The lowest BCUT2D eigenvalue weighted by Gasteiger charge is -2.09. The van der Waals surface area contributed by atoms with Crippen LogP contribution in [-0.4, -0.2) is 21.6 Å². The van der Waals surface area contributed by atoms with Gasteiger partial charge in [0.05, 0.1) is 0 Å². The molecule has 0 unspecified atom stereocenters. The van der Waals surface area contributed by atoms with Gasteiger partial charge in [-0.25, -0.2) is 4.79 Å². The molecule has 0 saturated carbocycles. The number of carboxylic acid groups (broad SMARTS) is 1. The van der Waals surface area contributed by atoms with Crippen LogP contribution in [0, 0.1) is 0 Å². The molecule has 0 bridgehead atoms. The van der Waals surface area contributed by atoms with Crippen LogP contribution in [0.25, 0.3) is 0 Å². The van der Waals surface area contributed by atoms with Crippen molar-refractivity contribution in [3.63, 3.8) is 0 Å². The number of hydrogen-bond donors (Lipinski definition) is 2. The molecule has 104 valence electrons. The molecule has 2 N–H and O–H groups in total. The van der Waals surface area contributed by atoms with E-state index in [0.717, 1.165) is 10.0 Å². The van der Waals surface area contributed by atoms with Gasteiger partial charge in [0.15, 0.2) is 0 Å². The Hall–Kier alpha value is -2.08. The summed E-state index contributed by atoms with van der Waals surface area (Å²) < 4.78 is 2.32. The summed E-state index contributed by atoms with van der Waals surface area (Å²) >= 11 is 3.40. The summed E-state index contributed by atoms with van der Waals surface area (Å²) in [6.45, 7) is 0.378. The molecule has 5 nitrogen and oxygen atoms in total. The van der Waals surface area contributed by atoms with Crippen molar-refractivity contribution in [2.45, 2.75) is 13.1 Å². The normalized spacial score (nSPS) is 10.2. The number of carbonyl (C=O) groups is 2. The van der Waals surface area contributed by atoms with Gasteiger partial charge in [0, 0.05) is 17.2 Å². The molecule has 0 radical (unpaired) electrons. The van der Waals surface area contributed by atoms with Gasteiger partial charge < -0.3 is 15.0 Å². The van der Waals surface area contributed by atoms with Crippen molar-refractivity contribution < 1.29 is 14.7 Å². The van der Waals surface area contributed by atoms with E-state index in [0.29, 0.717) is 6.54 Å². The lowest BCUT2D eigenvalue weighted by atomic mass is 10.2. The first kappa shape index (κ1) is 14.3. The maximum atomic E-state index is 11.8. The van der Waals surface area contributed by atoms with Crippen LogP contribution in [0.2, 0.25) is 0 Å². The molecule has 0 spiro atoms. The van der Waals surface area contributed by atoms with Gasteiger partial charge in [-0.05, 0) is 23.8 Å². The Morgan fingerprint density at radius 1 is 1.20 bits per heavy atom. The second-order valence-electron chi connectivity index (χ2n) is 4.19. The number of carboxylic acids is 1. The van der Waals surface area contributed by atoms with Gasteiger partial charge >= 0.3 is 5.97 Å². The average Bonchev–Trinajstić information content (AvgIpc) is 2.86. The topological polar surface area (TPSA) is 71.3 Å². The van der Waals surface area contributed by atoms with E-state index in [1.807, 2.05) is 24.3 Å². The first-order valence-electron chi connectivity index (χ1n) is 5.96. The van der Waals surface area contributed by atoms with E-state index in [1.165, 1.54) is 10.6 Å². The maximum Gasteiger partial charge on any atom is 0.352 e. The molecule has 2 rings (SSSR count). The molecule has 0 atom stereocenters. The highest BCUT2D eigenvalue weighted by molar-refractivity contribution is 9.10. The zero-order chi connectivity index (χ0) is 14.5. The summed E-state index contributed by atoms with van der Waals surface area (Å²) in [7, 11) is 0. The van der Waals surface area contributed by atoms with Crippen LogP contribution in [0.4, 0.5) is 0 Å². The Labute approximate surface area is 124 Å². The molecular weight excluding hydrogens is 324 g/mol. The van der Waals surface area contributed by atoms with Crippen molar-refractivity contribution in [2.75, 3.05) is 0 Å². The van der Waals surface area contributed by atoms with Crippen molar-refractivity contribution in [1.82, 2.24) is 9.88 Å². The third kappa shape index (κ3) is 3.48. The zero-order valence-corrected chi connectivity index (χ0v) is 12.1. The predicted octanol–water partition coefficient (Wildman–Crippen LogP) is 2.27.